The van der Waals surface area contributed by atoms with Crippen molar-refractivity contribution in [2.24, 2.45) is 5.92 Å². The summed E-state index contributed by atoms with van der Waals surface area (Å²) in [6, 6.07) is 11.0. The highest BCUT2D eigenvalue weighted by molar-refractivity contribution is 6.31. The van der Waals surface area contributed by atoms with Crippen LogP contribution in [0.1, 0.15) is 24.0 Å². The molecule has 4 rings (SSSR count). The zero-order chi connectivity index (χ0) is 21.1. The molecule has 0 aromatic heterocycles. The van der Waals surface area contributed by atoms with Crippen LogP contribution in [0.5, 0.6) is 11.5 Å². The van der Waals surface area contributed by atoms with E-state index in [4.69, 9.17) is 21.1 Å². The van der Waals surface area contributed by atoms with Gasteiger partial charge in [-0.15, -0.1) is 0 Å². The topological polar surface area (TPSA) is 67.9 Å². The maximum Gasteiger partial charge on any atom is 0.246 e. The molecule has 30 heavy (non-hydrogen) atoms. The Bertz CT molecular complexity index is 997. The van der Waals surface area contributed by atoms with Crippen LogP contribution in [0.25, 0.3) is 6.08 Å². The summed E-state index contributed by atoms with van der Waals surface area (Å²) in [5, 5.41) is 3.62. The number of nitrogens with zero attached hydrogens (tertiary/aromatic N) is 1. The maximum absolute atomic E-state index is 12.6. The second kappa shape index (κ2) is 8.79. The first-order chi connectivity index (χ1) is 14.5. The third kappa shape index (κ3) is 4.60. The molecule has 2 aliphatic heterocycles. The Morgan fingerprint density at radius 2 is 1.87 bits per heavy atom. The van der Waals surface area contributed by atoms with Gasteiger partial charge in [0.25, 0.3) is 0 Å². The predicted octanol–water partition coefficient (Wildman–Crippen LogP) is 4.27. The van der Waals surface area contributed by atoms with E-state index in [0.717, 1.165) is 11.1 Å². The van der Waals surface area contributed by atoms with E-state index in [0.29, 0.717) is 48.1 Å². The van der Waals surface area contributed by atoms with E-state index in [-0.39, 0.29) is 24.5 Å². The van der Waals surface area contributed by atoms with Gasteiger partial charge in [-0.1, -0.05) is 23.7 Å². The van der Waals surface area contributed by atoms with Crippen LogP contribution >= 0.6 is 11.6 Å². The van der Waals surface area contributed by atoms with Crippen molar-refractivity contribution in [1.82, 2.24) is 4.90 Å². The number of benzene rings is 2. The fourth-order valence-corrected chi connectivity index (χ4v) is 3.76. The number of amides is 2. The number of aryl methyl sites for hydroxylation is 1. The molecule has 2 aliphatic rings. The molecular weight excluding hydrogens is 404 g/mol. The predicted molar refractivity (Wildman–Crippen MR) is 116 cm³/mol. The van der Waals surface area contributed by atoms with Crippen molar-refractivity contribution in [2.45, 2.75) is 19.8 Å². The molecule has 2 aromatic carbocycles. The highest BCUT2D eigenvalue weighted by atomic mass is 35.5. The molecular formula is C23H23ClN2O4. The Labute approximate surface area is 180 Å². The summed E-state index contributed by atoms with van der Waals surface area (Å²) in [6.07, 6.45) is 4.60. The summed E-state index contributed by atoms with van der Waals surface area (Å²) in [7, 11) is 0. The molecule has 2 heterocycles. The molecule has 2 aromatic rings. The van der Waals surface area contributed by atoms with Gasteiger partial charge in [-0.3, -0.25) is 9.59 Å². The Balaban J connectivity index is 1.28. The van der Waals surface area contributed by atoms with Crippen LogP contribution < -0.4 is 14.8 Å². The molecule has 0 radical (unpaired) electrons. The van der Waals surface area contributed by atoms with Crippen LogP contribution in [-0.4, -0.2) is 36.6 Å². The Morgan fingerprint density at radius 1 is 1.10 bits per heavy atom. The summed E-state index contributed by atoms with van der Waals surface area (Å²) in [4.78, 5) is 26.9. The second-order valence-corrected chi connectivity index (χ2v) is 7.91. The van der Waals surface area contributed by atoms with Crippen molar-refractivity contribution < 1.29 is 19.1 Å². The molecule has 1 fully saturated rings. The number of carbonyl (C=O) groups is 2. The molecule has 6 nitrogen and oxygen atoms in total. The quantitative estimate of drug-likeness (QED) is 0.741. The summed E-state index contributed by atoms with van der Waals surface area (Å²) >= 11 is 6.13. The van der Waals surface area contributed by atoms with E-state index in [1.165, 1.54) is 0 Å². The normalized spacial score (nSPS) is 16.1. The van der Waals surface area contributed by atoms with Gasteiger partial charge in [0.1, 0.15) is 0 Å². The van der Waals surface area contributed by atoms with E-state index < -0.39 is 0 Å². The van der Waals surface area contributed by atoms with Gasteiger partial charge >= 0.3 is 0 Å². The highest BCUT2D eigenvalue weighted by Crippen LogP contribution is 2.34. The van der Waals surface area contributed by atoms with Gasteiger partial charge in [0.05, 0.1) is 0 Å². The zero-order valence-corrected chi connectivity index (χ0v) is 17.4. The van der Waals surface area contributed by atoms with Crippen LogP contribution in [0.3, 0.4) is 0 Å². The molecule has 2 amide bonds. The minimum Gasteiger partial charge on any atom is -0.454 e. The number of likely N-dealkylation sites (tertiary alicyclic amines) is 1. The molecule has 0 saturated carbocycles. The monoisotopic (exact) mass is 426 g/mol. The lowest BCUT2D eigenvalue weighted by atomic mass is 9.95. The average Bonchev–Trinajstić information content (AvgIpc) is 3.22. The fraction of sp³-hybridized carbons (Fsp3) is 0.304. The summed E-state index contributed by atoms with van der Waals surface area (Å²) in [5.74, 6) is 1.10. The third-order valence-corrected chi connectivity index (χ3v) is 5.84. The van der Waals surface area contributed by atoms with Gasteiger partial charge in [0.15, 0.2) is 11.5 Å². The number of piperidine rings is 1. The molecule has 0 atom stereocenters. The van der Waals surface area contributed by atoms with Gasteiger partial charge in [-0.2, -0.15) is 0 Å². The largest absolute Gasteiger partial charge is 0.454 e. The van der Waals surface area contributed by atoms with Crippen LogP contribution in [0.2, 0.25) is 5.02 Å². The van der Waals surface area contributed by atoms with Crippen molar-refractivity contribution in [3.05, 3.63) is 58.6 Å². The van der Waals surface area contributed by atoms with E-state index in [2.05, 4.69) is 5.32 Å². The van der Waals surface area contributed by atoms with Gasteiger partial charge in [-0.25, -0.2) is 0 Å². The molecule has 1 N–H and O–H groups in total. The molecule has 1 saturated heterocycles. The zero-order valence-electron chi connectivity index (χ0n) is 16.7. The van der Waals surface area contributed by atoms with Crippen LogP contribution in [0, 0.1) is 12.8 Å². The molecule has 0 unspecified atom stereocenters. The number of halogens is 1. The van der Waals surface area contributed by atoms with Crippen LogP contribution in [-0.2, 0) is 9.59 Å². The van der Waals surface area contributed by atoms with Crippen molar-refractivity contribution in [3.63, 3.8) is 0 Å². The number of carbonyl (C=O) groups excluding carboxylic acids is 2. The van der Waals surface area contributed by atoms with E-state index in [1.54, 1.807) is 35.3 Å². The average molecular weight is 427 g/mol. The van der Waals surface area contributed by atoms with Gasteiger partial charge in [-0.05, 0) is 55.2 Å². The lowest BCUT2D eigenvalue weighted by Crippen LogP contribution is -2.40. The lowest BCUT2D eigenvalue weighted by molar-refractivity contribution is -0.130. The minimum atomic E-state index is -0.126. The SMILES string of the molecule is Cc1ccc(C=CC(=O)N2CCC(C(=O)Nc3ccc4c(c3)OCO4)CC2)cc1Cl. The number of anilines is 1. The number of rotatable bonds is 4. The summed E-state index contributed by atoms with van der Waals surface area (Å²) in [6.45, 7) is 3.24. The summed E-state index contributed by atoms with van der Waals surface area (Å²) in [5.41, 5.74) is 2.57. The number of fused-ring (bicyclic) bond motifs is 1. The Hall–Kier alpha value is -2.99. The van der Waals surface area contributed by atoms with Crippen LogP contribution in [0.4, 0.5) is 5.69 Å². The van der Waals surface area contributed by atoms with Gasteiger partial charge in [0.2, 0.25) is 18.6 Å². The Morgan fingerprint density at radius 3 is 2.63 bits per heavy atom. The van der Waals surface area contributed by atoms with Gasteiger partial charge < -0.3 is 19.7 Å². The van der Waals surface area contributed by atoms with E-state index in [1.807, 2.05) is 25.1 Å². The van der Waals surface area contributed by atoms with E-state index >= 15 is 0 Å². The molecule has 0 spiro atoms. The van der Waals surface area contributed by atoms with Gasteiger partial charge in [0, 0.05) is 41.9 Å². The molecule has 7 heteroatoms. The molecule has 156 valence electrons. The minimum absolute atomic E-state index is 0.0363. The first-order valence-corrected chi connectivity index (χ1v) is 10.3. The first kappa shape index (κ1) is 20.3. The number of ether oxygens (including phenoxy) is 2. The van der Waals surface area contributed by atoms with Crippen molar-refractivity contribution in [3.8, 4) is 11.5 Å². The molecule has 0 aliphatic carbocycles. The number of hydrogen-bond donors (Lipinski definition) is 1. The van der Waals surface area contributed by atoms with Crippen LogP contribution in [0.15, 0.2) is 42.5 Å². The smallest absolute Gasteiger partial charge is 0.246 e. The third-order valence-electron chi connectivity index (χ3n) is 5.43. The number of nitrogens with one attached hydrogen (secondary N) is 1. The lowest BCUT2D eigenvalue weighted by Gasteiger charge is -2.30. The molecule has 0 bridgehead atoms. The Kier molecular flexibility index (Phi) is 5.95. The van der Waals surface area contributed by atoms with Crippen molar-refractivity contribution >= 4 is 35.2 Å². The van der Waals surface area contributed by atoms with Crippen molar-refractivity contribution in [1.29, 1.82) is 0 Å². The second-order valence-electron chi connectivity index (χ2n) is 7.50. The summed E-state index contributed by atoms with van der Waals surface area (Å²) < 4.78 is 10.6. The standard InChI is InChI=1S/C23H23ClN2O4/c1-15-2-3-16(12-19(15)24)4-7-22(27)26-10-8-17(9-11-26)23(28)25-18-5-6-20-21(13-18)30-14-29-20/h2-7,12-13,17H,8-11,14H2,1H3,(H,25,28). The van der Waals surface area contributed by atoms with E-state index in [9.17, 15) is 9.59 Å². The number of hydrogen-bond acceptors (Lipinski definition) is 4. The maximum atomic E-state index is 12.6. The van der Waals surface area contributed by atoms with Crippen molar-refractivity contribution in [2.75, 3.05) is 25.2 Å². The first-order valence-electron chi connectivity index (χ1n) is 9.93. The highest BCUT2D eigenvalue weighted by Gasteiger charge is 2.27. The fourth-order valence-electron chi connectivity index (χ4n) is 3.57.